The lowest BCUT2D eigenvalue weighted by molar-refractivity contribution is 0.0601. The van der Waals surface area contributed by atoms with E-state index in [1.54, 1.807) is 19.1 Å². The Kier molecular flexibility index (Phi) is 5.15. The van der Waals surface area contributed by atoms with Crippen LogP contribution in [-0.4, -0.2) is 18.9 Å². The number of Topliss-reactive ketones (excluding diaryl/α,β-unsaturated/α-hetero) is 1. The Hall–Kier alpha value is -2.21. The highest BCUT2D eigenvalue weighted by Gasteiger charge is 2.25. The molecule has 0 aliphatic heterocycles. The molecule has 1 aromatic heterocycles. The number of benzene rings is 1. The normalized spacial score (nSPS) is 10.5. The zero-order chi connectivity index (χ0) is 17.1. The smallest absolute Gasteiger partial charge is 0.341 e. The molecule has 0 bridgehead atoms. The van der Waals surface area contributed by atoms with Crippen LogP contribution in [0.2, 0.25) is 0 Å². The van der Waals surface area contributed by atoms with Gasteiger partial charge >= 0.3 is 5.97 Å². The summed E-state index contributed by atoms with van der Waals surface area (Å²) < 4.78 is 18.9. The van der Waals surface area contributed by atoms with E-state index in [4.69, 9.17) is 4.74 Å². The van der Waals surface area contributed by atoms with Crippen LogP contribution < -0.4 is 5.32 Å². The monoisotopic (exact) mass is 335 g/mol. The number of esters is 1. The predicted molar refractivity (Wildman–Crippen MR) is 89.5 cm³/mol. The third kappa shape index (κ3) is 3.42. The topological polar surface area (TPSA) is 55.4 Å². The van der Waals surface area contributed by atoms with Gasteiger partial charge in [0.25, 0.3) is 0 Å². The third-order valence-electron chi connectivity index (χ3n) is 3.44. The number of anilines is 2. The number of carbonyl (C=O) groups is 2. The number of rotatable bonds is 5. The Morgan fingerprint density at radius 3 is 2.57 bits per heavy atom. The fourth-order valence-corrected chi connectivity index (χ4v) is 3.52. The van der Waals surface area contributed by atoms with Crippen molar-refractivity contribution in [2.75, 3.05) is 12.4 Å². The van der Waals surface area contributed by atoms with Crippen molar-refractivity contribution in [2.24, 2.45) is 0 Å². The van der Waals surface area contributed by atoms with Crippen molar-refractivity contribution in [3.8, 4) is 0 Å². The van der Waals surface area contributed by atoms with Crippen LogP contribution >= 0.6 is 11.3 Å². The van der Waals surface area contributed by atoms with Gasteiger partial charge in [-0.1, -0.05) is 13.0 Å². The molecule has 2 rings (SSSR count). The number of methoxy groups -OCH3 is 1. The van der Waals surface area contributed by atoms with Crippen molar-refractivity contribution in [3.63, 3.8) is 0 Å². The molecule has 6 heteroatoms. The number of aryl methyl sites for hydroxylation is 1. The van der Waals surface area contributed by atoms with Crippen LogP contribution in [0.4, 0.5) is 15.1 Å². The van der Waals surface area contributed by atoms with Gasteiger partial charge in [0.05, 0.1) is 23.2 Å². The molecule has 1 heterocycles. The summed E-state index contributed by atoms with van der Waals surface area (Å²) in [5.41, 5.74) is 1.97. The summed E-state index contributed by atoms with van der Waals surface area (Å²) in [5.74, 6) is -1.09. The Labute approximate surface area is 138 Å². The van der Waals surface area contributed by atoms with Crippen LogP contribution in [0.5, 0.6) is 0 Å². The van der Waals surface area contributed by atoms with Crippen LogP contribution in [0.1, 0.15) is 45.0 Å². The average molecular weight is 335 g/mol. The second-order valence-corrected chi connectivity index (χ2v) is 6.14. The van der Waals surface area contributed by atoms with Crippen LogP contribution in [0.3, 0.4) is 0 Å². The first-order chi connectivity index (χ1) is 10.9. The van der Waals surface area contributed by atoms with Crippen LogP contribution in [0, 0.1) is 12.7 Å². The van der Waals surface area contributed by atoms with Crippen LogP contribution in [0.25, 0.3) is 0 Å². The summed E-state index contributed by atoms with van der Waals surface area (Å²) >= 11 is 1.14. The summed E-state index contributed by atoms with van der Waals surface area (Å²) in [6.45, 7) is 5.10. The maximum absolute atomic E-state index is 14.1. The van der Waals surface area contributed by atoms with E-state index in [9.17, 15) is 14.0 Å². The molecular formula is C17H18FNO3S. The second kappa shape index (κ2) is 6.91. The first-order valence-electron chi connectivity index (χ1n) is 7.17. The van der Waals surface area contributed by atoms with Crippen molar-refractivity contribution >= 4 is 33.8 Å². The summed E-state index contributed by atoms with van der Waals surface area (Å²) in [6, 6.07) is 4.77. The van der Waals surface area contributed by atoms with Crippen molar-refractivity contribution in [1.29, 1.82) is 0 Å². The molecule has 23 heavy (non-hydrogen) atoms. The average Bonchev–Trinajstić information content (AvgIpc) is 2.87. The molecule has 1 N–H and O–H groups in total. The van der Waals surface area contributed by atoms with Gasteiger partial charge in [0.15, 0.2) is 5.78 Å². The zero-order valence-electron chi connectivity index (χ0n) is 13.5. The molecular weight excluding hydrogens is 317 g/mol. The number of ether oxygens (including phenoxy) is 1. The maximum Gasteiger partial charge on any atom is 0.341 e. The summed E-state index contributed by atoms with van der Waals surface area (Å²) in [5, 5.41) is 3.34. The standard InChI is InChI=1S/C17H18FNO3S/c1-5-11-14(17(21)22-4)16(23-15(11)10(3)20)19-13-7-6-9(2)8-12(13)18/h6-8,19H,5H2,1-4H3. The summed E-state index contributed by atoms with van der Waals surface area (Å²) in [4.78, 5) is 24.4. The Balaban J connectivity index is 2.56. The third-order valence-corrected chi connectivity index (χ3v) is 4.69. The van der Waals surface area contributed by atoms with Crippen molar-refractivity contribution in [3.05, 3.63) is 45.6 Å². The van der Waals surface area contributed by atoms with Crippen molar-refractivity contribution in [2.45, 2.75) is 27.2 Å². The number of ketones is 1. The minimum absolute atomic E-state index is 0.130. The summed E-state index contributed by atoms with van der Waals surface area (Å²) in [6.07, 6.45) is 0.508. The SMILES string of the molecule is CCc1c(C(C)=O)sc(Nc2ccc(C)cc2F)c1C(=O)OC. The molecule has 0 aliphatic rings. The lowest BCUT2D eigenvalue weighted by Gasteiger charge is -2.09. The van der Waals surface area contributed by atoms with Crippen LogP contribution in [0.15, 0.2) is 18.2 Å². The molecule has 0 saturated carbocycles. The first kappa shape index (κ1) is 17.1. The molecule has 122 valence electrons. The highest BCUT2D eigenvalue weighted by atomic mass is 32.1. The molecule has 2 aromatic rings. The fourth-order valence-electron chi connectivity index (χ4n) is 2.34. The number of nitrogens with one attached hydrogen (secondary N) is 1. The Morgan fingerprint density at radius 1 is 1.35 bits per heavy atom. The number of hydrogen-bond donors (Lipinski definition) is 1. The Bertz CT molecular complexity index is 767. The minimum atomic E-state index is -0.541. The van der Waals surface area contributed by atoms with Gasteiger partial charge in [0, 0.05) is 0 Å². The quantitative estimate of drug-likeness (QED) is 0.646. The zero-order valence-corrected chi connectivity index (χ0v) is 14.3. The molecule has 0 unspecified atom stereocenters. The molecule has 0 aliphatic carbocycles. The molecule has 0 amide bonds. The molecule has 0 spiro atoms. The fraction of sp³-hybridized carbons (Fsp3) is 0.294. The maximum atomic E-state index is 14.1. The van der Waals surface area contributed by atoms with Gasteiger partial charge in [-0.05, 0) is 43.5 Å². The molecule has 1 aromatic carbocycles. The Morgan fingerprint density at radius 2 is 2.04 bits per heavy atom. The first-order valence-corrected chi connectivity index (χ1v) is 7.98. The molecule has 0 fully saturated rings. The lowest BCUT2D eigenvalue weighted by atomic mass is 10.1. The van der Waals surface area contributed by atoms with E-state index in [1.807, 2.05) is 6.92 Å². The number of halogens is 1. The predicted octanol–water partition coefficient (Wildman–Crippen LogP) is 4.49. The van der Waals surface area contributed by atoms with E-state index in [0.717, 1.165) is 16.9 Å². The second-order valence-electron chi connectivity index (χ2n) is 5.12. The van der Waals surface area contributed by atoms with Gasteiger partial charge in [-0.15, -0.1) is 11.3 Å². The molecule has 0 atom stereocenters. The van der Waals surface area contributed by atoms with Gasteiger partial charge < -0.3 is 10.1 Å². The minimum Gasteiger partial charge on any atom is -0.465 e. The number of hydrogen-bond acceptors (Lipinski definition) is 5. The highest BCUT2D eigenvalue weighted by molar-refractivity contribution is 7.18. The van der Waals surface area contributed by atoms with E-state index in [0.29, 0.717) is 27.4 Å². The van der Waals surface area contributed by atoms with Crippen molar-refractivity contribution < 1.29 is 18.7 Å². The van der Waals surface area contributed by atoms with Gasteiger partial charge in [-0.25, -0.2) is 9.18 Å². The molecule has 0 radical (unpaired) electrons. The summed E-state index contributed by atoms with van der Waals surface area (Å²) in [7, 11) is 1.28. The number of thiophene rings is 1. The largest absolute Gasteiger partial charge is 0.465 e. The number of carbonyl (C=O) groups excluding carboxylic acids is 2. The highest BCUT2D eigenvalue weighted by Crippen LogP contribution is 2.37. The lowest BCUT2D eigenvalue weighted by Crippen LogP contribution is -2.07. The van der Waals surface area contributed by atoms with E-state index in [-0.39, 0.29) is 11.5 Å². The van der Waals surface area contributed by atoms with Crippen LogP contribution in [-0.2, 0) is 11.2 Å². The van der Waals surface area contributed by atoms with E-state index in [2.05, 4.69) is 5.32 Å². The van der Waals surface area contributed by atoms with Gasteiger partial charge in [-0.3, -0.25) is 4.79 Å². The van der Waals surface area contributed by atoms with Gasteiger partial charge in [0.1, 0.15) is 10.8 Å². The molecule has 4 nitrogen and oxygen atoms in total. The molecule has 0 saturated heterocycles. The van der Waals surface area contributed by atoms with E-state index < -0.39 is 11.8 Å². The van der Waals surface area contributed by atoms with Gasteiger partial charge in [-0.2, -0.15) is 0 Å². The van der Waals surface area contributed by atoms with E-state index in [1.165, 1.54) is 20.1 Å². The van der Waals surface area contributed by atoms with Crippen molar-refractivity contribution in [1.82, 2.24) is 0 Å². The van der Waals surface area contributed by atoms with E-state index >= 15 is 0 Å². The van der Waals surface area contributed by atoms with Gasteiger partial charge in [0.2, 0.25) is 0 Å².